The molecule has 3 rings (SSSR count). The van der Waals surface area contributed by atoms with E-state index in [4.69, 9.17) is 67.6 Å². The summed E-state index contributed by atoms with van der Waals surface area (Å²) in [6, 6.07) is -0.769. The Morgan fingerprint density at radius 2 is 0.954 bits per heavy atom. The van der Waals surface area contributed by atoms with E-state index in [1.165, 1.54) is 19.8 Å². The zero-order valence-electron chi connectivity index (χ0n) is 86.2. The van der Waals surface area contributed by atoms with Crippen LogP contribution in [0.2, 0.25) is 0 Å². The molecular weight excluding hydrogens is 1730 g/mol. The van der Waals surface area contributed by atoms with Crippen LogP contribution in [0.4, 0.5) is 0 Å². The summed E-state index contributed by atoms with van der Waals surface area (Å²) in [6.07, 6.45) is 6.33. The zero-order chi connectivity index (χ0) is 104. The molecule has 2 aliphatic rings. The number of carboxylic acids is 1. The van der Waals surface area contributed by atoms with Crippen molar-refractivity contribution >= 4 is 62.7 Å². The number of unbranched alkanes of at least 4 members (excludes halogenated alkanes) is 1. The molecular formula is C87H193N17O24P2. The number of aliphatic hydroxyl groups excluding tert-OH is 4. The van der Waals surface area contributed by atoms with Gasteiger partial charge >= 0.3 is 21.4 Å². The maximum atomic E-state index is 11.4. The fourth-order valence-electron chi connectivity index (χ4n) is 9.12. The van der Waals surface area contributed by atoms with Gasteiger partial charge in [-0.3, -0.25) is 56.9 Å². The van der Waals surface area contributed by atoms with Crippen molar-refractivity contribution in [3.05, 3.63) is 18.2 Å². The molecule has 3 heterocycles. The predicted octanol–water partition coefficient (Wildman–Crippen LogP) is 5.83. The Hall–Kier alpha value is -5.41. The highest BCUT2D eigenvalue weighted by molar-refractivity contribution is 7.51. The molecule has 780 valence electrons. The number of imidazole rings is 1. The summed E-state index contributed by atoms with van der Waals surface area (Å²) in [4.78, 5) is 113. The van der Waals surface area contributed by atoms with Crippen LogP contribution in [0.25, 0.3) is 0 Å². The normalized spacial score (nSPS) is 16.8. The molecule has 0 spiro atoms. The van der Waals surface area contributed by atoms with Crippen LogP contribution in [-0.2, 0) is 86.4 Å². The van der Waals surface area contributed by atoms with Gasteiger partial charge in [-0.1, -0.05) is 41.0 Å². The van der Waals surface area contributed by atoms with Crippen LogP contribution in [0.1, 0.15) is 285 Å². The van der Waals surface area contributed by atoms with Gasteiger partial charge in [0.05, 0.1) is 80.6 Å². The van der Waals surface area contributed by atoms with Crippen LogP contribution >= 0.6 is 15.4 Å². The molecule has 41 nitrogen and oxygen atoms in total. The van der Waals surface area contributed by atoms with Gasteiger partial charge in [0, 0.05) is 133 Å². The molecule has 27 N–H and O–H groups in total. The van der Waals surface area contributed by atoms with Gasteiger partial charge in [0.2, 0.25) is 41.4 Å². The number of H-pyrrole nitrogens is 1. The predicted molar refractivity (Wildman–Crippen MR) is 519 cm³/mol. The highest BCUT2D eigenvalue weighted by Gasteiger charge is 2.44. The Labute approximate surface area is 783 Å². The molecule has 0 bridgehead atoms. The SMILES string of the molecule is CC(C)N1CCNCC1.CC(C)NC(=O)[C@@H](N)CC(=O)O.CC(C)NC(=O)[C@@H](N)CCCCN.CC(C)NC(=O)[C@@H](N)CO.CC(C)NC(=O)[C@@H](N)Cc1cnc[nH]1.CC(C)OP(C)(=O)O.CCC(=O)NC(C)C.CCCC(=O)NC(C)C.CCCOC(C)C.CCCOC(C)C.CC[C@H]1O[C@@H](OC(C)C)[C@H](O)[C@@H](O)[C@@H]1O.CNCC(=O)NC(C)C.COP(=O)(O)OC(C)C. The summed E-state index contributed by atoms with van der Waals surface area (Å²) in [5, 5.41) is 70.5. The number of nitrogens with two attached hydrogens (primary N) is 5. The van der Waals surface area contributed by atoms with Gasteiger partial charge in [-0.05, 0) is 232 Å². The molecule has 0 aliphatic carbocycles. The second-order valence-corrected chi connectivity index (χ2v) is 37.1. The Morgan fingerprint density at radius 1 is 0.546 bits per heavy atom. The average Bonchev–Trinajstić information content (AvgIpc) is 0.909. The number of aromatic nitrogens is 2. The number of hydrogen-bond donors (Lipinski definition) is 22. The highest BCUT2D eigenvalue weighted by atomic mass is 31.2. The van der Waals surface area contributed by atoms with E-state index in [1.807, 2.05) is 118 Å². The fourth-order valence-corrected chi connectivity index (χ4v) is 10.5. The molecule has 0 radical (unpaired) electrons. The van der Waals surface area contributed by atoms with E-state index in [0.29, 0.717) is 51.0 Å². The lowest BCUT2D eigenvalue weighted by molar-refractivity contribution is -0.304. The number of amides is 7. The van der Waals surface area contributed by atoms with Crippen molar-refractivity contribution < 1.29 is 115 Å². The maximum Gasteiger partial charge on any atom is 0.472 e. The van der Waals surface area contributed by atoms with E-state index in [2.05, 4.69) is 132 Å². The molecule has 2 saturated heterocycles. The number of rotatable bonds is 40. The number of aliphatic hydroxyl groups is 4. The fraction of sp³-hybridized carbons (Fsp3) is 0.874. The van der Waals surface area contributed by atoms with E-state index < -0.39 is 76.1 Å². The smallest absolute Gasteiger partial charge is 0.472 e. The summed E-state index contributed by atoms with van der Waals surface area (Å²) in [6.45, 7) is 68.1. The molecule has 2 unspecified atom stereocenters. The first-order valence-electron chi connectivity index (χ1n) is 45.7. The minimum absolute atomic E-state index is 0.0163. The number of hydrogen-bond acceptors (Lipinski definition) is 30. The van der Waals surface area contributed by atoms with Crippen LogP contribution in [0, 0.1) is 0 Å². The van der Waals surface area contributed by atoms with Gasteiger partial charge in [-0.15, -0.1) is 0 Å². The third-order valence-corrected chi connectivity index (χ3v) is 16.7. The van der Waals surface area contributed by atoms with Crippen molar-refractivity contribution in [1.29, 1.82) is 0 Å². The third-order valence-electron chi connectivity index (χ3n) is 14.8. The lowest BCUT2D eigenvalue weighted by atomic mass is 9.97. The van der Waals surface area contributed by atoms with Crippen LogP contribution in [0.3, 0.4) is 0 Å². The highest BCUT2D eigenvalue weighted by Crippen LogP contribution is 2.43. The van der Waals surface area contributed by atoms with Crippen LogP contribution < -0.4 is 76.5 Å². The van der Waals surface area contributed by atoms with Crippen molar-refractivity contribution in [2.24, 2.45) is 28.7 Å². The van der Waals surface area contributed by atoms with Gasteiger partial charge in [0.15, 0.2) is 6.29 Å². The molecule has 1 aromatic rings. The first kappa shape index (κ1) is 145. The number of phosphoric acid groups is 1. The van der Waals surface area contributed by atoms with Crippen molar-refractivity contribution in [3.63, 3.8) is 0 Å². The lowest BCUT2D eigenvalue weighted by Gasteiger charge is -2.40. The van der Waals surface area contributed by atoms with Gasteiger partial charge in [0.25, 0.3) is 0 Å². The quantitative estimate of drug-likeness (QED) is 0.0271. The van der Waals surface area contributed by atoms with Gasteiger partial charge in [0.1, 0.15) is 24.4 Å². The zero-order valence-corrected chi connectivity index (χ0v) is 88.0. The number of aromatic amines is 1. The number of nitrogens with zero attached hydrogens (tertiary/aromatic N) is 2. The first-order chi connectivity index (χ1) is 59.9. The van der Waals surface area contributed by atoms with Crippen molar-refractivity contribution in [1.82, 2.24) is 62.7 Å². The Balaban J connectivity index is -0.000000151. The number of piperazine rings is 1. The van der Waals surface area contributed by atoms with Gasteiger partial charge in [-0.25, -0.2) is 9.55 Å². The second-order valence-electron chi connectivity index (χ2n) is 33.8. The number of carbonyl (C=O) groups excluding carboxylic acids is 7. The lowest BCUT2D eigenvalue weighted by Crippen LogP contribution is -2.58. The monoisotopic (exact) mass is 1920 g/mol. The topological polar surface area (TPSA) is 647 Å². The molecule has 2 aliphatic heterocycles. The van der Waals surface area contributed by atoms with E-state index in [1.54, 1.807) is 61.1 Å². The maximum absolute atomic E-state index is 11.4. The molecule has 2 fully saturated rings. The molecule has 0 aromatic carbocycles. The summed E-state index contributed by atoms with van der Waals surface area (Å²) in [5.74, 6) is -1.66. The Morgan fingerprint density at radius 3 is 1.23 bits per heavy atom. The summed E-state index contributed by atoms with van der Waals surface area (Å²) in [5.41, 5.74) is 28.0. The van der Waals surface area contributed by atoms with E-state index >= 15 is 0 Å². The van der Waals surface area contributed by atoms with Crippen molar-refractivity contribution in [2.75, 3.05) is 79.9 Å². The van der Waals surface area contributed by atoms with Gasteiger partial charge < -0.3 is 140 Å². The minimum atomic E-state index is -3.73. The van der Waals surface area contributed by atoms with Crippen molar-refractivity contribution in [3.8, 4) is 0 Å². The number of ether oxygens (including phenoxy) is 4. The molecule has 0 saturated carbocycles. The Kier molecular flexibility index (Phi) is 102. The standard InChI is InChI=1S/C10H20O5.C9H16N4O.C9H21N3O.C7H14N2O3.C7H16N2.C7H15NO.C6H14N2O2.C6H14N2O.C6H13NO.2C6H14O.C4H11O4P.C4H11O3P/c1-4-6-7(11)8(12)9(13)10(15-6)14-5(2)3;1-6(2)13-9(14)8(10)3-7-4-11-5-12-7;1-7(2)12-9(13)8(11)5-3-4-6-10;1-4(2)9-7(12)5(8)3-6(10)11;1-7(2)9-5-3-8-4-6-9;1-4-5-7(9)8-6(2)3;1-4(2)8-6(10)5(7)3-9;1-5(2)8-6(9)4-7-3;1-4-6(8)7-5(2)3;2*1-4-5-7-6(2)3;1-4(2)8-9(5,6)7-3;1-4(2)7-8(3,5)6/h5-13H,4H2,1-3H3;4-6,8H,3,10H2,1-2H3,(H,11,12)(H,13,14);7-8H,3-6,10-11H2,1-2H3,(H,12,13);4-5H,3,8H2,1-2H3,(H,9,12)(H,10,11);7-8H,3-6H2,1-2H3;6H,4-5H2,1-3H3,(H,8,9);4-5,9H,3,7H2,1-2H3,(H,8,10);5,7H,4H2,1-3H3,(H,8,9);5H,4H2,1-3H3,(H,7,8);2*6H,4-5H2,1-3H3;4H,1-3H3,(H,5,6);4H,1-3H3,(H,5,6)/t6-,7-,8+,9-,10-;2*8-;5-;;;5-;;;;;;/m1000..0....../s1. The second kappa shape index (κ2) is 91.4. The summed E-state index contributed by atoms with van der Waals surface area (Å²) in [7, 11) is -4.07. The number of nitrogens with one attached hydrogen (secondary N) is 10. The molecule has 43 heteroatoms. The van der Waals surface area contributed by atoms with E-state index in [9.17, 15) is 62.8 Å². The number of carboxylic acid groups (broad SMARTS) is 1. The van der Waals surface area contributed by atoms with Crippen LogP contribution in [-0.4, -0.2) is 311 Å². The number of aliphatic carboxylic acids is 1. The summed E-state index contributed by atoms with van der Waals surface area (Å²) >= 11 is 0. The molecule has 1 aromatic heterocycles. The number of phosphoric ester groups is 1. The van der Waals surface area contributed by atoms with Crippen LogP contribution in [0.15, 0.2) is 12.5 Å². The molecule has 11 atom stereocenters. The number of likely N-dealkylation sites (N-methyl/N-ethyl adjacent to an activating group) is 1. The molecule has 130 heavy (non-hydrogen) atoms. The average molecular weight is 1920 g/mol. The number of carbonyl (C=O) groups is 8. The minimum Gasteiger partial charge on any atom is -0.481 e. The summed E-state index contributed by atoms with van der Waals surface area (Å²) < 4.78 is 55.1. The van der Waals surface area contributed by atoms with E-state index in [0.717, 1.165) is 83.7 Å². The first-order valence-corrected chi connectivity index (χ1v) is 49.2. The van der Waals surface area contributed by atoms with E-state index in [-0.39, 0.29) is 115 Å². The van der Waals surface area contributed by atoms with Crippen LogP contribution in [0.5, 0.6) is 0 Å². The molecule has 7 amide bonds. The van der Waals surface area contributed by atoms with Crippen molar-refractivity contribution in [2.45, 2.75) is 419 Å². The Bertz CT molecular complexity index is 2890. The van der Waals surface area contributed by atoms with Gasteiger partial charge in [-0.2, -0.15) is 0 Å². The largest absolute Gasteiger partial charge is 0.481 e. The third kappa shape index (κ3) is 111.